The number of carbonyl (C=O) groups is 1. The van der Waals surface area contributed by atoms with Crippen molar-refractivity contribution in [2.45, 2.75) is 26.3 Å². The fourth-order valence-corrected chi connectivity index (χ4v) is 1.40. The van der Waals surface area contributed by atoms with E-state index in [2.05, 4.69) is 19.2 Å². The molecule has 0 aliphatic rings. The molecule has 1 aromatic rings. The van der Waals surface area contributed by atoms with Crippen molar-refractivity contribution in [3.63, 3.8) is 0 Å². The van der Waals surface area contributed by atoms with Gasteiger partial charge in [0.05, 0.1) is 6.04 Å². The number of hydrogen-bond donors (Lipinski definition) is 2. The highest BCUT2D eigenvalue weighted by atomic mass is 16.2. The fraction of sp³-hybridized carbons (Fsp3) is 0.462. The Bertz CT molecular complexity index is 322. The summed E-state index contributed by atoms with van der Waals surface area (Å²) in [6, 6.07) is 9.36. The molecule has 1 aromatic carbocycles. The van der Waals surface area contributed by atoms with E-state index in [0.717, 1.165) is 5.56 Å². The van der Waals surface area contributed by atoms with Gasteiger partial charge in [0.1, 0.15) is 0 Å². The van der Waals surface area contributed by atoms with Crippen LogP contribution in [-0.4, -0.2) is 18.5 Å². The van der Waals surface area contributed by atoms with Crippen LogP contribution in [0.4, 0.5) is 0 Å². The predicted octanol–water partition coefficient (Wildman–Crippen LogP) is 1.33. The molecule has 88 valence electrons. The molecule has 0 saturated heterocycles. The summed E-state index contributed by atoms with van der Waals surface area (Å²) in [5.41, 5.74) is 6.92. The molecule has 0 aliphatic heterocycles. The second kappa shape index (κ2) is 6.28. The maximum absolute atomic E-state index is 11.6. The van der Waals surface area contributed by atoms with Crippen LogP contribution in [0.2, 0.25) is 0 Å². The second-order valence-corrected chi connectivity index (χ2v) is 4.44. The molecule has 0 saturated carbocycles. The zero-order chi connectivity index (χ0) is 12.0. The molecule has 1 rings (SSSR count). The van der Waals surface area contributed by atoms with Crippen molar-refractivity contribution in [3.05, 3.63) is 35.9 Å². The van der Waals surface area contributed by atoms with Gasteiger partial charge in [-0.15, -0.1) is 0 Å². The highest BCUT2D eigenvalue weighted by molar-refractivity contribution is 5.81. The molecule has 3 N–H and O–H groups in total. The molecule has 0 unspecified atom stereocenters. The normalized spacial score (nSPS) is 12.5. The first-order valence-corrected chi connectivity index (χ1v) is 5.67. The van der Waals surface area contributed by atoms with Crippen LogP contribution in [0.15, 0.2) is 30.3 Å². The summed E-state index contributed by atoms with van der Waals surface area (Å²) >= 11 is 0. The van der Waals surface area contributed by atoms with Gasteiger partial charge in [-0.1, -0.05) is 44.2 Å². The van der Waals surface area contributed by atoms with E-state index in [0.29, 0.717) is 18.9 Å². The van der Waals surface area contributed by atoms with Crippen LogP contribution >= 0.6 is 0 Å². The van der Waals surface area contributed by atoms with E-state index in [1.807, 2.05) is 30.3 Å². The van der Waals surface area contributed by atoms with E-state index in [1.165, 1.54) is 0 Å². The van der Waals surface area contributed by atoms with E-state index in [9.17, 15) is 4.79 Å². The molecule has 0 fully saturated rings. The number of carbonyl (C=O) groups excluding carboxylic acids is 1. The molecule has 0 radical (unpaired) electrons. The minimum Gasteiger partial charge on any atom is -0.354 e. The Labute approximate surface area is 97.0 Å². The third kappa shape index (κ3) is 4.45. The summed E-state index contributed by atoms with van der Waals surface area (Å²) < 4.78 is 0. The molecule has 0 heterocycles. The molecule has 0 aromatic heterocycles. The zero-order valence-corrected chi connectivity index (χ0v) is 9.94. The van der Waals surface area contributed by atoms with Gasteiger partial charge < -0.3 is 11.1 Å². The topological polar surface area (TPSA) is 55.1 Å². The molecule has 3 heteroatoms. The third-order valence-corrected chi connectivity index (χ3v) is 2.32. The molecule has 1 atom stereocenters. The van der Waals surface area contributed by atoms with Crippen molar-refractivity contribution in [1.82, 2.24) is 5.32 Å². The van der Waals surface area contributed by atoms with Gasteiger partial charge in [0.2, 0.25) is 5.91 Å². The van der Waals surface area contributed by atoms with Crippen molar-refractivity contribution in [1.29, 1.82) is 0 Å². The molecule has 3 nitrogen and oxygen atoms in total. The number of hydrogen-bond acceptors (Lipinski definition) is 2. The molecular formula is C13H20N2O. The molecule has 0 bridgehead atoms. The first-order valence-electron chi connectivity index (χ1n) is 5.67. The van der Waals surface area contributed by atoms with Crippen molar-refractivity contribution in [2.75, 3.05) is 6.54 Å². The Hall–Kier alpha value is -1.35. The van der Waals surface area contributed by atoms with E-state index < -0.39 is 6.04 Å². The van der Waals surface area contributed by atoms with Gasteiger partial charge in [0.25, 0.3) is 0 Å². The van der Waals surface area contributed by atoms with Gasteiger partial charge in [0, 0.05) is 6.54 Å². The average Bonchev–Trinajstić information content (AvgIpc) is 2.27. The molecule has 0 spiro atoms. The Morgan fingerprint density at radius 2 is 1.94 bits per heavy atom. The minimum atomic E-state index is -0.457. The van der Waals surface area contributed by atoms with Crippen molar-refractivity contribution < 1.29 is 4.79 Å². The van der Waals surface area contributed by atoms with Crippen molar-refractivity contribution in [3.8, 4) is 0 Å². The molecule has 1 amide bonds. The molecular weight excluding hydrogens is 200 g/mol. The molecule has 16 heavy (non-hydrogen) atoms. The van der Waals surface area contributed by atoms with Crippen LogP contribution in [0.1, 0.15) is 19.4 Å². The summed E-state index contributed by atoms with van der Waals surface area (Å²) in [6.07, 6.45) is 0.588. The van der Waals surface area contributed by atoms with Crippen molar-refractivity contribution in [2.24, 2.45) is 11.7 Å². The lowest BCUT2D eigenvalue weighted by atomic mass is 10.1. The lowest BCUT2D eigenvalue weighted by molar-refractivity contribution is -0.122. The molecule has 0 aliphatic carbocycles. The van der Waals surface area contributed by atoms with Gasteiger partial charge in [-0.25, -0.2) is 0 Å². The summed E-state index contributed by atoms with van der Waals surface area (Å²) in [6.45, 7) is 4.80. The predicted molar refractivity (Wildman–Crippen MR) is 66.0 cm³/mol. The first-order chi connectivity index (χ1) is 7.59. The van der Waals surface area contributed by atoms with E-state index in [4.69, 9.17) is 5.73 Å². The van der Waals surface area contributed by atoms with Crippen LogP contribution in [0, 0.1) is 5.92 Å². The summed E-state index contributed by atoms with van der Waals surface area (Å²) in [5, 5.41) is 2.84. The van der Waals surface area contributed by atoms with Gasteiger partial charge in [-0.05, 0) is 17.9 Å². The van der Waals surface area contributed by atoms with Crippen LogP contribution in [0.5, 0.6) is 0 Å². The maximum atomic E-state index is 11.6. The third-order valence-electron chi connectivity index (χ3n) is 2.32. The minimum absolute atomic E-state index is 0.0717. The van der Waals surface area contributed by atoms with Crippen LogP contribution in [0.3, 0.4) is 0 Å². The number of nitrogens with one attached hydrogen (secondary N) is 1. The van der Waals surface area contributed by atoms with E-state index in [1.54, 1.807) is 0 Å². The number of rotatable bonds is 5. The Kier molecular flexibility index (Phi) is 4.99. The van der Waals surface area contributed by atoms with Gasteiger partial charge in [-0.3, -0.25) is 4.79 Å². The van der Waals surface area contributed by atoms with Crippen LogP contribution in [0.25, 0.3) is 0 Å². The first kappa shape index (κ1) is 12.7. The van der Waals surface area contributed by atoms with Gasteiger partial charge in [-0.2, -0.15) is 0 Å². The van der Waals surface area contributed by atoms with Crippen LogP contribution in [-0.2, 0) is 11.2 Å². The summed E-state index contributed by atoms with van der Waals surface area (Å²) in [4.78, 5) is 11.6. The lowest BCUT2D eigenvalue weighted by Gasteiger charge is -2.13. The van der Waals surface area contributed by atoms with E-state index in [-0.39, 0.29) is 5.91 Å². The Morgan fingerprint density at radius 3 is 2.50 bits per heavy atom. The largest absolute Gasteiger partial charge is 0.354 e. The lowest BCUT2D eigenvalue weighted by Crippen LogP contribution is -2.43. The summed E-state index contributed by atoms with van der Waals surface area (Å²) in [7, 11) is 0. The SMILES string of the molecule is CC(C)CNC(=O)[C@@H](N)Cc1ccccc1. The highest BCUT2D eigenvalue weighted by Gasteiger charge is 2.13. The highest BCUT2D eigenvalue weighted by Crippen LogP contribution is 2.01. The smallest absolute Gasteiger partial charge is 0.237 e. The second-order valence-electron chi connectivity index (χ2n) is 4.44. The van der Waals surface area contributed by atoms with Gasteiger partial charge >= 0.3 is 0 Å². The maximum Gasteiger partial charge on any atom is 0.237 e. The van der Waals surface area contributed by atoms with Gasteiger partial charge in [0.15, 0.2) is 0 Å². The average molecular weight is 220 g/mol. The quantitative estimate of drug-likeness (QED) is 0.786. The fourth-order valence-electron chi connectivity index (χ4n) is 1.40. The number of nitrogens with two attached hydrogens (primary N) is 1. The van der Waals surface area contributed by atoms with E-state index >= 15 is 0 Å². The standard InChI is InChI=1S/C13H20N2O/c1-10(2)9-15-13(16)12(14)8-11-6-4-3-5-7-11/h3-7,10,12H,8-9,14H2,1-2H3,(H,15,16)/t12-/m0/s1. The zero-order valence-electron chi connectivity index (χ0n) is 9.94. The Balaban J connectivity index is 2.40. The number of benzene rings is 1. The Morgan fingerprint density at radius 1 is 1.31 bits per heavy atom. The number of amides is 1. The van der Waals surface area contributed by atoms with Crippen molar-refractivity contribution >= 4 is 5.91 Å². The van der Waals surface area contributed by atoms with Crippen LogP contribution < -0.4 is 11.1 Å². The summed E-state index contributed by atoms with van der Waals surface area (Å²) in [5.74, 6) is 0.380. The monoisotopic (exact) mass is 220 g/mol.